The molecule has 0 unspecified atom stereocenters. The van der Waals surface area contributed by atoms with Crippen molar-refractivity contribution < 1.29 is 9.18 Å². The number of carbonyl (C=O) groups is 1. The van der Waals surface area contributed by atoms with E-state index in [2.05, 4.69) is 36.4 Å². The van der Waals surface area contributed by atoms with Crippen molar-refractivity contribution in [3.63, 3.8) is 0 Å². The smallest absolute Gasteiger partial charge is 0.291 e. The Kier molecular flexibility index (Phi) is 5.08. The van der Waals surface area contributed by atoms with E-state index in [1.54, 1.807) is 16.8 Å². The predicted octanol–water partition coefficient (Wildman–Crippen LogP) is 5.90. The molecule has 5 nitrogen and oxygen atoms in total. The summed E-state index contributed by atoms with van der Waals surface area (Å²) in [7, 11) is 0. The minimum atomic E-state index is -0.313. The summed E-state index contributed by atoms with van der Waals surface area (Å²) >= 11 is 0. The lowest BCUT2D eigenvalue weighted by Crippen LogP contribution is -2.60. The lowest BCUT2D eigenvalue weighted by molar-refractivity contribution is -0.0168. The third kappa shape index (κ3) is 3.83. The lowest BCUT2D eigenvalue weighted by atomic mass is 9.53. The van der Waals surface area contributed by atoms with Crippen LogP contribution in [-0.2, 0) is 0 Å². The van der Waals surface area contributed by atoms with E-state index in [0.717, 1.165) is 42.6 Å². The molecule has 4 aliphatic rings. The van der Waals surface area contributed by atoms with Crippen molar-refractivity contribution in [1.29, 1.82) is 0 Å². The zero-order valence-corrected chi connectivity index (χ0v) is 19.8. The highest BCUT2D eigenvalue weighted by atomic mass is 19.1. The second-order valence-corrected chi connectivity index (χ2v) is 11.1. The van der Waals surface area contributed by atoms with Crippen LogP contribution in [-0.4, -0.2) is 26.2 Å². The topological polar surface area (TPSA) is 59.8 Å². The number of hydrogen-bond acceptors (Lipinski definition) is 3. The summed E-state index contributed by atoms with van der Waals surface area (Å²) in [6, 6.07) is 14.3. The molecule has 0 aliphatic heterocycles. The highest BCUT2D eigenvalue weighted by molar-refractivity contribution is 5.91. The first-order valence-corrected chi connectivity index (χ1v) is 12.5. The average molecular weight is 459 g/mol. The molecule has 0 radical (unpaired) electrons. The van der Waals surface area contributed by atoms with E-state index in [1.807, 2.05) is 12.1 Å². The van der Waals surface area contributed by atoms with Crippen LogP contribution < -0.4 is 5.32 Å². The van der Waals surface area contributed by atoms with Gasteiger partial charge in [-0.15, -0.1) is 5.10 Å². The highest BCUT2D eigenvalue weighted by Crippen LogP contribution is 2.55. The molecule has 2 aromatic carbocycles. The van der Waals surface area contributed by atoms with Crippen LogP contribution in [0.5, 0.6) is 0 Å². The number of rotatable bonds is 5. The Morgan fingerprint density at radius 1 is 0.971 bits per heavy atom. The maximum Gasteiger partial charge on any atom is 0.291 e. The van der Waals surface area contributed by atoms with Crippen LogP contribution in [0, 0.1) is 23.6 Å². The molecule has 34 heavy (non-hydrogen) atoms. The Bertz CT molecular complexity index is 1180. The van der Waals surface area contributed by atoms with Crippen LogP contribution in [0.15, 0.2) is 48.5 Å². The summed E-state index contributed by atoms with van der Waals surface area (Å²) in [5.74, 6) is 2.88. The fraction of sp³-hybridized carbons (Fsp3) is 0.464. The highest BCUT2D eigenvalue weighted by Gasteiger charge is 2.51. The SMILES string of the molecule is CC(C)c1ccc(-c2nc(C(=O)NC34CC5CC(CC(C5)C3)C4)nn2-c2ccc(F)cc2)cc1. The quantitative estimate of drug-likeness (QED) is 0.518. The largest absolute Gasteiger partial charge is 0.344 e. The van der Waals surface area contributed by atoms with Crippen molar-refractivity contribution in [2.45, 2.75) is 63.8 Å². The zero-order chi connectivity index (χ0) is 23.4. The van der Waals surface area contributed by atoms with Crippen LogP contribution in [0.4, 0.5) is 4.39 Å². The summed E-state index contributed by atoms with van der Waals surface area (Å²) in [6.07, 6.45) is 7.20. The van der Waals surface area contributed by atoms with Gasteiger partial charge in [0.25, 0.3) is 5.91 Å². The second kappa shape index (κ2) is 8.03. The van der Waals surface area contributed by atoms with Gasteiger partial charge in [0.2, 0.25) is 5.82 Å². The van der Waals surface area contributed by atoms with Gasteiger partial charge in [-0.1, -0.05) is 38.1 Å². The van der Waals surface area contributed by atoms with Crippen LogP contribution in [0.3, 0.4) is 0 Å². The number of carbonyl (C=O) groups excluding carboxylic acids is 1. The molecule has 4 bridgehead atoms. The fourth-order valence-electron chi connectivity index (χ4n) is 6.94. The van der Waals surface area contributed by atoms with Crippen molar-refractivity contribution in [3.05, 3.63) is 65.7 Å². The minimum absolute atomic E-state index is 0.105. The number of halogens is 1. The van der Waals surface area contributed by atoms with Crippen LogP contribution in [0.1, 0.15) is 74.5 Å². The molecule has 1 heterocycles. The summed E-state index contributed by atoms with van der Waals surface area (Å²) in [4.78, 5) is 18.1. The molecule has 0 atom stereocenters. The first-order chi connectivity index (χ1) is 16.4. The maximum absolute atomic E-state index is 13.6. The van der Waals surface area contributed by atoms with E-state index in [0.29, 0.717) is 17.4 Å². The summed E-state index contributed by atoms with van der Waals surface area (Å²) in [5, 5.41) is 7.99. The number of nitrogens with one attached hydrogen (secondary N) is 1. The van der Waals surface area contributed by atoms with Crippen LogP contribution in [0.25, 0.3) is 17.1 Å². The fourth-order valence-corrected chi connectivity index (χ4v) is 6.94. The zero-order valence-electron chi connectivity index (χ0n) is 19.8. The van der Waals surface area contributed by atoms with Crippen LogP contribution >= 0.6 is 0 Å². The van der Waals surface area contributed by atoms with Crippen LogP contribution in [0.2, 0.25) is 0 Å². The van der Waals surface area contributed by atoms with Gasteiger partial charge in [-0.25, -0.2) is 14.1 Å². The standard InChI is InChI=1S/C28H31FN4O/c1-17(2)21-3-5-22(6-4-21)26-30-25(32-33(26)24-9-7-23(29)8-10-24)27(34)31-28-14-18-11-19(15-28)13-20(12-18)16-28/h3-10,17-20H,11-16H2,1-2H3,(H,31,34). The monoisotopic (exact) mass is 458 g/mol. The Hall–Kier alpha value is -3.02. The van der Waals surface area contributed by atoms with Crippen molar-refractivity contribution in [3.8, 4) is 17.1 Å². The van der Waals surface area contributed by atoms with Crippen molar-refractivity contribution >= 4 is 5.91 Å². The molecule has 3 aromatic rings. The van der Waals surface area contributed by atoms with Gasteiger partial charge in [-0.05, 0) is 92.0 Å². The Balaban J connectivity index is 1.34. The van der Waals surface area contributed by atoms with E-state index in [9.17, 15) is 9.18 Å². The normalized spacial score (nSPS) is 27.4. The van der Waals surface area contributed by atoms with E-state index >= 15 is 0 Å². The van der Waals surface area contributed by atoms with E-state index in [1.165, 1.54) is 37.0 Å². The number of nitrogens with zero attached hydrogens (tertiary/aromatic N) is 3. The summed E-state index contributed by atoms with van der Waals surface area (Å²) in [5.41, 5.74) is 2.67. The van der Waals surface area contributed by atoms with Gasteiger partial charge in [0.05, 0.1) is 5.69 Å². The Labute approximate surface area is 199 Å². The van der Waals surface area contributed by atoms with E-state index in [-0.39, 0.29) is 23.1 Å². The van der Waals surface area contributed by atoms with Gasteiger partial charge < -0.3 is 5.32 Å². The molecule has 4 aliphatic carbocycles. The van der Waals surface area contributed by atoms with Crippen molar-refractivity contribution in [2.75, 3.05) is 0 Å². The van der Waals surface area contributed by atoms with E-state index in [4.69, 9.17) is 4.98 Å². The Morgan fingerprint density at radius 2 is 1.56 bits per heavy atom. The van der Waals surface area contributed by atoms with Gasteiger partial charge >= 0.3 is 0 Å². The molecule has 1 aromatic heterocycles. The number of benzene rings is 2. The molecule has 6 heteroatoms. The third-order valence-corrected chi connectivity index (χ3v) is 8.13. The van der Waals surface area contributed by atoms with Gasteiger partial charge in [0.15, 0.2) is 5.82 Å². The first-order valence-electron chi connectivity index (χ1n) is 12.5. The van der Waals surface area contributed by atoms with Gasteiger partial charge in [-0.2, -0.15) is 0 Å². The first kappa shape index (κ1) is 21.5. The molecule has 176 valence electrons. The molecule has 1 amide bonds. The molecular weight excluding hydrogens is 427 g/mol. The lowest BCUT2D eigenvalue weighted by Gasteiger charge is -2.56. The average Bonchev–Trinajstić information content (AvgIpc) is 3.24. The molecule has 0 saturated heterocycles. The van der Waals surface area contributed by atoms with Gasteiger partial charge in [0, 0.05) is 11.1 Å². The molecule has 0 spiro atoms. The summed E-state index contributed by atoms with van der Waals surface area (Å²) < 4.78 is 15.2. The maximum atomic E-state index is 13.6. The van der Waals surface area contributed by atoms with Crippen molar-refractivity contribution in [1.82, 2.24) is 20.1 Å². The van der Waals surface area contributed by atoms with Gasteiger partial charge in [-0.3, -0.25) is 4.79 Å². The molecular formula is C28H31FN4O. The molecule has 4 fully saturated rings. The molecule has 4 saturated carbocycles. The van der Waals surface area contributed by atoms with E-state index < -0.39 is 0 Å². The third-order valence-electron chi connectivity index (χ3n) is 8.13. The van der Waals surface area contributed by atoms with Gasteiger partial charge in [0.1, 0.15) is 5.82 Å². The molecule has 7 rings (SSSR count). The molecule has 1 N–H and O–H groups in total. The number of aromatic nitrogens is 3. The predicted molar refractivity (Wildman–Crippen MR) is 129 cm³/mol. The van der Waals surface area contributed by atoms with Crippen molar-refractivity contribution in [2.24, 2.45) is 17.8 Å². The number of amides is 1. The Morgan fingerprint density at radius 3 is 2.12 bits per heavy atom. The summed E-state index contributed by atoms with van der Waals surface area (Å²) in [6.45, 7) is 4.31. The second-order valence-electron chi connectivity index (χ2n) is 11.1. The minimum Gasteiger partial charge on any atom is -0.344 e. The number of hydrogen-bond donors (Lipinski definition) is 1.